The maximum atomic E-state index is 14.1. The number of methoxy groups -OCH3 is 1. The Labute approximate surface area is 261 Å². The van der Waals surface area contributed by atoms with E-state index in [1.807, 2.05) is 12.1 Å². The fraction of sp³-hybridized carbons (Fsp3) is 0.455. The normalized spacial score (nSPS) is 23.4. The van der Waals surface area contributed by atoms with Crippen LogP contribution in [0, 0.1) is 23.6 Å². The highest BCUT2D eigenvalue weighted by atomic mass is 19.1. The Balaban J connectivity index is 1.39. The van der Waals surface area contributed by atoms with E-state index in [1.54, 1.807) is 31.5 Å². The number of phenolic OH excluding ortho intramolecular Hbond substituents is 1. The number of pyridine rings is 1. The topological polar surface area (TPSA) is 146 Å². The van der Waals surface area contributed by atoms with Gasteiger partial charge in [-0.05, 0) is 97.0 Å². The highest BCUT2D eigenvalue weighted by molar-refractivity contribution is 6.43. The summed E-state index contributed by atoms with van der Waals surface area (Å²) in [7, 11) is 0.444. The standard InChI is InChI=1S/C33H38BFN2O8/c1-44-19-22-17-23-31(33(42)37(32(23)41)14-6-2-3-8-29(39)40)24-18-34(43)45-28(30(22)24)12-10-21(26-7-4-5-13-36-26)15-20-9-11-27(38)25(35)16-20/h4-5,7,9,11,13,15-16,23-24,28,31,38,43H,2-3,6,8,10,12,14,17-19H2,1H3,(H,39,40)/b21-15-/t23-,24+,28-,31-/m1/s1. The summed E-state index contributed by atoms with van der Waals surface area (Å²) in [5.41, 5.74) is 3.82. The number of nitrogens with zero attached hydrogens (tertiary/aromatic N) is 2. The number of fused-ring (bicyclic) bond motifs is 3. The minimum atomic E-state index is -1.13. The van der Waals surface area contributed by atoms with Gasteiger partial charge in [-0.25, -0.2) is 4.39 Å². The summed E-state index contributed by atoms with van der Waals surface area (Å²) >= 11 is 0. The van der Waals surface area contributed by atoms with Crippen LogP contribution >= 0.6 is 0 Å². The number of allylic oxidation sites excluding steroid dienone is 1. The van der Waals surface area contributed by atoms with Gasteiger partial charge >= 0.3 is 13.1 Å². The lowest BCUT2D eigenvalue weighted by molar-refractivity contribution is -0.141. The molecule has 1 aliphatic carbocycles. The molecule has 0 saturated carbocycles. The van der Waals surface area contributed by atoms with Crippen molar-refractivity contribution in [2.45, 2.75) is 57.4 Å². The van der Waals surface area contributed by atoms with Crippen molar-refractivity contribution in [2.75, 3.05) is 20.3 Å². The number of hydrogen-bond acceptors (Lipinski definition) is 8. The molecule has 3 heterocycles. The van der Waals surface area contributed by atoms with Crippen molar-refractivity contribution in [1.82, 2.24) is 9.88 Å². The zero-order valence-corrected chi connectivity index (χ0v) is 25.2. The summed E-state index contributed by atoms with van der Waals surface area (Å²) in [4.78, 5) is 43.9. The Hall–Kier alpha value is -3.87. The number of halogens is 1. The molecule has 0 bridgehead atoms. The highest BCUT2D eigenvalue weighted by Crippen LogP contribution is 2.50. The zero-order valence-electron chi connectivity index (χ0n) is 25.2. The summed E-state index contributed by atoms with van der Waals surface area (Å²) < 4.78 is 25.8. The number of carbonyl (C=O) groups excluding carboxylic acids is 2. The minimum Gasteiger partial charge on any atom is -0.505 e. The third-order valence-corrected chi connectivity index (χ3v) is 8.97. The van der Waals surface area contributed by atoms with Crippen LogP contribution in [0.25, 0.3) is 11.6 Å². The smallest absolute Gasteiger partial charge is 0.455 e. The van der Waals surface area contributed by atoms with Gasteiger partial charge in [-0.2, -0.15) is 0 Å². The number of carboxylic acids is 1. The van der Waals surface area contributed by atoms with Crippen LogP contribution in [-0.2, 0) is 23.8 Å². The number of aromatic hydroxyl groups is 1. The SMILES string of the molecule is COCC1=C2[C@@H](CC/C(=C/c3ccc(O)c(F)c3)c3ccccn3)OB(O)C[C@@H]2[C@@H]2C(=O)N(CCCCCC(=O)O)C(=O)[C@@H]2C1. The minimum absolute atomic E-state index is 0.0468. The predicted molar refractivity (Wildman–Crippen MR) is 164 cm³/mol. The molecule has 2 aromatic rings. The average Bonchev–Trinajstić information content (AvgIpc) is 3.25. The summed E-state index contributed by atoms with van der Waals surface area (Å²) in [6.45, 7) is 0.502. The van der Waals surface area contributed by atoms with Crippen molar-refractivity contribution < 1.29 is 43.4 Å². The molecule has 5 rings (SSSR count). The molecule has 12 heteroatoms. The van der Waals surface area contributed by atoms with E-state index in [4.69, 9.17) is 14.5 Å². The predicted octanol–water partition coefficient (Wildman–Crippen LogP) is 4.34. The number of benzene rings is 1. The largest absolute Gasteiger partial charge is 0.505 e. The van der Waals surface area contributed by atoms with Gasteiger partial charge in [0.1, 0.15) is 0 Å². The Morgan fingerprint density at radius 3 is 2.69 bits per heavy atom. The second kappa shape index (κ2) is 14.5. The van der Waals surface area contributed by atoms with E-state index < -0.39 is 48.5 Å². The molecular weight excluding hydrogens is 582 g/mol. The molecule has 2 fully saturated rings. The number of aromatic nitrogens is 1. The third-order valence-electron chi connectivity index (χ3n) is 8.97. The van der Waals surface area contributed by atoms with Crippen LogP contribution in [0.3, 0.4) is 0 Å². The lowest BCUT2D eigenvalue weighted by Crippen LogP contribution is -2.46. The van der Waals surface area contributed by atoms with E-state index in [-0.39, 0.29) is 37.7 Å². The van der Waals surface area contributed by atoms with Crippen LogP contribution in [-0.4, -0.2) is 76.4 Å². The third kappa shape index (κ3) is 7.35. The summed E-state index contributed by atoms with van der Waals surface area (Å²) in [6, 6.07) is 9.65. The summed E-state index contributed by atoms with van der Waals surface area (Å²) in [5, 5.41) is 29.4. The van der Waals surface area contributed by atoms with Crippen molar-refractivity contribution in [3.05, 3.63) is 70.8 Å². The second-order valence-electron chi connectivity index (χ2n) is 11.9. The van der Waals surface area contributed by atoms with E-state index in [0.29, 0.717) is 49.8 Å². The van der Waals surface area contributed by atoms with E-state index in [0.717, 1.165) is 16.7 Å². The molecule has 10 nitrogen and oxygen atoms in total. The molecule has 2 aliphatic heterocycles. The fourth-order valence-electron chi connectivity index (χ4n) is 7.01. The van der Waals surface area contributed by atoms with Gasteiger partial charge in [0.15, 0.2) is 11.6 Å². The quantitative estimate of drug-likeness (QED) is 0.129. The zero-order chi connectivity index (χ0) is 32.1. The molecule has 3 N–H and O–H groups in total. The van der Waals surface area contributed by atoms with Crippen molar-refractivity contribution in [3.63, 3.8) is 0 Å². The number of ether oxygens (including phenoxy) is 1. The van der Waals surface area contributed by atoms with E-state index in [1.165, 1.54) is 17.0 Å². The van der Waals surface area contributed by atoms with Gasteiger partial charge < -0.3 is 24.6 Å². The molecule has 0 spiro atoms. The molecule has 0 radical (unpaired) electrons. The highest BCUT2D eigenvalue weighted by Gasteiger charge is 2.57. The first-order valence-corrected chi connectivity index (χ1v) is 15.4. The van der Waals surface area contributed by atoms with Crippen LogP contribution < -0.4 is 0 Å². The maximum absolute atomic E-state index is 14.1. The van der Waals surface area contributed by atoms with Crippen LogP contribution in [0.4, 0.5) is 4.39 Å². The Kier molecular flexibility index (Phi) is 10.5. The van der Waals surface area contributed by atoms with Crippen LogP contribution in [0.15, 0.2) is 53.7 Å². The van der Waals surface area contributed by atoms with Gasteiger partial charge in [0.25, 0.3) is 0 Å². The number of amides is 2. The first-order chi connectivity index (χ1) is 21.7. The molecule has 1 aromatic heterocycles. The van der Waals surface area contributed by atoms with Gasteiger partial charge in [-0.3, -0.25) is 24.3 Å². The van der Waals surface area contributed by atoms with Gasteiger partial charge in [0.2, 0.25) is 11.8 Å². The maximum Gasteiger partial charge on any atom is 0.455 e. The fourth-order valence-corrected chi connectivity index (χ4v) is 7.01. The molecule has 3 aliphatic rings. The van der Waals surface area contributed by atoms with Crippen LogP contribution in [0.5, 0.6) is 5.75 Å². The van der Waals surface area contributed by atoms with Crippen molar-refractivity contribution >= 4 is 36.6 Å². The number of carboxylic acid groups (broad SMARTS) is 1. The number of aliphatic carboxylic acids is 1. The van der Waals surface area contributed by atoms with Gasteiger partial charge in [-0.15, -0.1) is 0 Å². The molecule has 238 valence electrons. The monoisotopic (exact) mass is 620 g/mol. The van der Waals surface area contributed by atoms with Crippen LogP contribution in [0.1, 0.15) is 56.2 Å². The van der Waals surface area contributed by atoms with Gasteiger partial charge in [-0.1, -0.05) is 18.6 Å². The lowest BCUT2D eigenvalue weighted by Gasteiger charge is -2.43. The van der Waals surface area contributed by atoms with Gasteiger partial charge in [0.05, 0.1) is 30.2 Å². The molecule has 4 atom stereocenters. The van der Waals surface area contributed by atoms with Crippen molar-refractivity contribution in [1.29, 1.82) is 0 Å². The van der Waals surface area contributed by atoms with Crippen LogP contribution in [0.2, 0.25) is 6.32 Å². The Bertz CT molecular complexity index is 1480. The Morgan fingerprint density at radius 1 is 1.16 bits per heavy atom. The van der Waals surface area contributed by atoms with Crippen molar-refractivity contribution in [3.8, 4) is 5.75 Å². The number of carbonyl (C=O) groups is 3. The number of likely N-dealkylation sites (tertiary alicyclic amines) is 1. The number of imide groups is 1. The summed E-state index contributed by atoms with van der Waals surface area (Å²) in [5.74, 6) is -4.08. The number of unbranched alkanes of at least 4 members (excludes halogenated alkanes) is 2. The average molecular weight is 620 g/mol. The van der Waals surface area contributed by atoms with Gasteiger partial charge in [0, 0.05) is 26.3 Å². The second-order valence-corrected chi connectivity index (χ2v) is 11.9. The first-order valence-electron chi connectivity index (χ1n) is 15.4. The van der Waals surface area contributed by atoms with E-state index >= 15 is 0 Å². The molecule has 2 saturated heterocycles. The van der Waals surface area contributed by atoms with Crippen molar-refractivity contribution in [2.24, 2.45) is 17.8 Å². The molecule has 0 unspecified atom stereocenters. The lowest BCUT2D eigenvalue weighted by atomic mass is 9.58. The molecular formula is C33H38BFN2O8. The first kappa shape index (κ1) is 32.5. The summed E-state index contributed by atoms with van der Waals surface area (Å²) in [6.07, 6.45) is 5.97. The van der Waals surface area contributed by atoms with E-state index in [2.05, 4.69) is 4.98 Å². The number of phenols is 1. The molecule has 45 heavy (non-hydrogen) atoms. The number of hydrogen-bond donors (Lipinski definition) is 3. The van der Waals surface area contributed by atoms with E-state index in [9.17, 15) is 28.9 Å². The molecule has 2 amide bonds. The number of rotatable bonds is 13. The molecule has 1 aromatic carbocycles. The Morgan fingerprint density at radius 2 is 1.98 bits per heavy atom.